The number of nitrogens with zero attached hydrogens (tertiary/aromatic N) is 1. The molecule has 112 valence electrons. The van der Waals surface area contributed by atoms with Gasteiger partial charge in [-0.1, -0.05) is 6.42 Å². The molecule has 1 heterocycles. The molecular weight excluding hydrogens is 260 g/mol. The fraction of sp³-hybridized carbons (Fsp3) is 0.786. The minimum Gasteiger partial charge on any atom is -0.481 e. The van der Waals surface area contributed by atoms with Crippen LogP contribution in [-0.2, 0) is 14.4 Å². The highest BCUT2D eigenvalue weighted by Crippen LogP contribution is 2.32. The molecule has 2 N–H and O–H groups in total. The molecular formula is C14H22N2O4. The number of carbonyl (C=O) groups excluding carboxylic acids is 2. The molecule has 1 saturated heterocycles. The first kappa shape index (κ1) is 14.8. The number of carboxylic acid groups (broad SMARTS) is 1. The Balaban J connectivity index is 2.02. The Morgan fingerprint density at radius 1 is 1.10 bits per heavy atom. The van der Waals surface area contributed by atoms with Crippen LogP contribution < -0.4 is 5.32 Å². The van der Waals surface area contributed by atoms with Crippen LogP contribution in [0.5, 0.6) is 0 Å². The highest BCUT2D eigenvalue weighted by Gasteiger charge is 2.39. The monoisotopic (exact) mass is 282 g/mol. The zero-order valence-corrected chi connectivity index (χ0v) is 11.8. The van der Waals surface area contributed by atoms with E-state index in [1.165, 1.54) is 0 Å². The van der Waals surface area contributed by atoms with E-state index >= 15 is 0 Å². The van der Waals surface area contributed by atoms with Gasteiger partial charge in [0, 0.05) is 19.5 Å². The fourth-order valence-electron chi connectivity index (χ4n) is 3.34. The number of likely N-dealkylation sites (tertiary alicyclic amines) is 1. The van der Waals surface area contributed by atoms with Crippen molar-refractivity contribution < 1.29 is 19.5 Å². The Morgan fingerprint density at radius 2 is 1.80 bits per heavy atom. The molecule has 0 aromatic heterocycles. The third-order valence-corrected chi connectivity index (χ3v) is 4.46. The lowest BCUT2D eigenvalue weighted by Crippen LogP contribution is -2.47. The van der Waals surface area contributed by atoms with Gasteiger partial charge in [0.2, 0.25) is 11.8 Å². The Morgan fingerprint density at radius 3 is 2.45 bits per heavy atom. The van der Waals surface area contributed by atoms with Crippen LogP contribution in [0.1, 0.15) is 38.5 Å². The number of nitrogens with one attached hydrogen (secondary N) is 1. The van der Waals surface area contributed by atoms with Gasteiger partial charge in [-0.3, -0.25) is 14.4 Å². The second kappa shape index (κ2) is 6.24. The predicted molar refractivity (Wildman–Crippen MR) is 71.9 cm³/mol. The summed E-state index contributed by atoms with van der Waals surface area (Å²) in [6.07, 6.45) is 4.09. The molecule has 0 bridgehead atoms. The van der Waals surface area contributed by atoms with Gasteiger partial charge in [0.15, 0.2) is 0 Å². The van der Waals surface area contributed by atoms with Gasteiger partial charge in [0.1, 0.15) is 6.04 Å². The van der Waals surface area contributed by atoms with Crippen molar-refractivity contribution in [2.75, 3.05) is 13.6 Å². The summed E-state index contributed by atoms with van der Waals surface area (Å²) in [5.41, 5.74) is 0. The van der Waals surface area contributed by atoms with E-state index in [4.69, 9.17) is 5.11 Å². The Bertz CT molecular complexity index is 410. The molecule has 2 rings (SSSR count). The average molecular weight is 282 g/mol. The maximum Gasteiger partial charge on any atom is 0.306 e. The van der Waals surface area contributed by atoms with Crippen molar-refractivity contribution in [2.24, 2.45) is 11.8 Å². The van der Waals surface area contributed by atoms with Gasteiger partial charge in [-0.2, -0.15) is 0 Å². The van der Waals surface area contributed by atoms with Crippen molar-refractivity contribution in [3.8, 4) is 0 Å². The molecule has 1 saturated carbocycles. The van der Waals surface area contributed by atoms with Crippen molar-refractivity contribution in [1.82, 2.24) is 10.2 Å². The lowest BCUT2D eigenvalue weighted by atomic mass is 9.80. The minimum atomic E-state index is -0.813. The summed E-state index contributed by atoms with van der Waals surface area (Å²) in [5, 5.41) is 11.7. The van der Waals surface area contributed by atoms with E-state index in [-0.39, 0.29) is 23.8 Å². The summed E-state index contributed by atoms with van der Waals surface area (Å²) in [4.78, 5) is 37.1. The number of likely N-dealkylation sites (N-methyl/N-ethyl adjacent to an activating group) is 1. The minimum absolute atomic E-state index is 0.0398. The van der Waals surface area contributed by atoms with E-state index in [0.717, 1.165) is 19.3 Å². The van der Waals surface area contributed by atoms with Gasteiger partial charge >= 0.3 is 5.97 Å². The molecule has 2 amide bonds. The summed E-state index contributed by atoms with van der Waals surface area (Å²) in [7, 11) is 1.57. The van der Waals surface area contributed by atoms with Crippen LogP contribution in [0.2, 0.25) is 0 Å². The number of carbonyl (C=O) groups is 3. The van der Waals surface area contributed by atoms with E-state index in [1.54, 1.807) is 11.9 Å². The first-order valence-corrected chi connectivity index (χ1v) is 7.29. The van der Waals surface area contributed by atoms with Crippen molar-refractivity contribution in [3.05, 3.63) is 0 Å². The standard InChI is InChI=1S/C14H22N2O4/c1-15-12(17)11-6-3-7-16(11)13(18)9-4-2-5-10(8-9)14(19)20/h9-11H,2-8H2,1H3,(H,15,17)(H,19,20)/t9-,10-,11-/m0/s1. The van der Waals surface area contributed by atoms with Crippen molar-refractivity contribution in [1.29, 1.82) is 0 Å². The number of hydrogen-bond acceptors (Lipinski definition) is 3. The lowest BCUT2D eigenvalue weighted by molar-refractivity contribution is -0.147. The molecule has 2 aliphatic rings. The molecule has 0 aromatic rings. The van der Waals surface area contributed by atoms with Crippen LogP contribution in [0.3, 0.4) is 0 Å². The Labute approximate surface area is 118 Å². The van der Waals surface area contributed by atoms with E-state index in [9.17, 15) is 14.4 Å². The Hall–Kier alpha value is -1.59. The highest BCUT2D eigenvalue weighted by atomic mass is 16.4. The number of aliphatic carboxylic acids is 1. The van der Waals surface area contributed by atoms with Crippen LogP contribution in [0.15, 0.2) is 0 Å². The second-order valence-electron chi connectivity index (χ2n) is 5.70. The van der Waals surface area contributed by atoms with Gasteiger partial charge in [0.25, 0.3) is 0 Å². The SMILES string of the molecule is CNC(=O)[C@@H]1CCCN1C(=O)[C@H]1CCC[C@H](C(=O)O)C1. The fourth-order valence-corrected chi connectivity index (χ4v) is 3.34. The number of amides is 2. The van der Waals surface area contributed by atoms with Gasteiger partial charge in [-0.25, -0.2) is 0 Å². The molecule has 2 fully saturated rings. The molecule has 6 heteroatoms. The van der Waals surface area contributed by atoms with E-state index in [0.29, 0.717) is 25.8 Å². The molecule has 0 aromatic carbocycles. The summed E-state index contributed by atoms with van der Waals surface area (Å²) >= 11 is 0. The zero-order valence-electron chi connectivity index (χ0n) is 11.8. The first-order chi connectivity index (χ1) is 9.54. The largest absolute Gasteiger partial charge is 0.481 e. The van der Waals surface area contributed by atoms with E-state index < -0.39 is 11.9 Å². The summed E-state index contributed by atoms with van der Waals surface area (Å²) in [5.74, 6) is -1.64. The van der Waals surface area contributed by atoms with Crippen molar-refractivity contribution >= 4 is 17.8 Å². The summed E-state index contributed by atoms with van der Waals surface area (Å²) < 4.78 is 0. The number of hydrogen-bond donors (Lipinski definition) is 2. The van der Waals surface area contributed by atoms with Crippen LogP contribution in [-0.4, -0.2) is 47.4 Å². The maximum atomic E-state index is 12.6. The maximum absolute atomic E-state index is 12.6. The first-order valence-electron chi connectivity index (χ1n) is 7.29. The van der Waals surface area contributed by atoms with Gasteiger partial charge in [0.05, 0.1) is 5.92 Å². The van der Waals surface area contributed by atoms with Gasteiger partial charge < -0.3 is 15.3 Å². The van der Waals surface area contributed by atoms with Gasteiger partial charge in [-0.05, 0) is 32.1 Å². The summed E-state index contributed by atoms with van der Waals surface area (Å²) in [6.45, 7) is 0.602. The molecule has 1 aliphatic carbocycles. The predicted octanol–water partition coefficient (Wildman–Crippen LogP) is 0.614. The van der Waals surface area contributed by atoms with Crippen LogP contribution in [0, 0.1) is 11.8 Å². The topological polar surface area (TPSA) is 86.7 Å². The van der Waals surface area contributed by atoms with Crippen molar-refractivity contribution in [3.63, 3.8) is 0 Å². The molecule has 6 nitrogen and oxygen atoms in total. The van der Waals surface area contributed by atoms with Gasteiger partial charge in [-0.15, -0.1) is 0 Å². The third-order valence-electron chi connectivity index (χ3n) is 4.46. The van der Waals surface area contributed by atoms with Crippen LogP contribution in [0.4, 0.5) is 0 Å². The average Bonchev–Trinajstić information content (AvgIpc) is 2.95. The number of rotatable bonds is 3. The molecule has 0 spiro atoms. The van der Waals surface area contributed by atoms with E-state index in [1.807, 2.05) is 0 Å². The second-order valence-corrected chi connectivity index (χ2v) is 5.70. The highest BCUT2D eigenvalue weighted by molar-refractivity contribution is 5.89. The number of carboxylic acids is 1. The molecule has 0 unspecified atom stereocenters. The van der Waals surface area contributed by atoms with Crippen LogP contribution >= 0.6 is 0 Å². The smallest absolute Gasteiger partial charge is 0.306 e. The van der Waals surface area contributed by atoms with Crippen molar-refractivity contribution in [2.45, 2.75) is 44.6 Å². The quantitative estimate of drug-likeness (QED) is 0.794. The molecule has 0 radical (unpaired) electrons. The molecule has 1 aliphatic heterocycles. The normalized spacial score (nSPS) is 30.1. The zero-order chi connectivity index (χ0) is 14.7. The third kappa shape index (κ3) is 2.94. The molecule has 3 atom stereocenters. The Kier molecular flexibility index (Phi) is 4.62. The molecule has 20 heavy (non-hydrogen) atoms. The lowest BCUT2D eigenvalue weighted by Gasteiger charge is -2.31. The van der Waals surface area contributed by atoms with Crippen LogP contribution in [0.25, 0.3) is 0 Å². The summed E-state index contributed by atoms with van der Waals surface area (Å²) in [6, 6.07) is -0.377. The van der Waals surface area contributed by atoms with E-state index in [2.05, 4.69) is 5.32 Å².